The highest BCUT2D eigenvalue weighted by Gasteiger charge is 2.30. The Morgan fingerprint density at radius 1 is 0.821 bits per heavy atom. The van der Waals surface area contributed by atoms with E-state index in [-0.39, 0.29) is 33.0 Å². The standard InChI is InChI=1S/C19H28O9/c1-18(11-20,23-3)12-26-17(22)28-14-19(2,24-4)13-27-16(21)25-10-15-8-6-5-7-9-15/h5-9,20H,10-14H2,1-4H3. The van der Waals surface area contributed by atoms with Gasteiger partial charge in [0.15, 0.2) is 0 Å². The van der Waals surface area contributed by atoms with E-state index in [1.807, 2.05) is 30.3 Å². The molecule has 158 valence electrons. The second kappa shape index (κ2) is 11.5. The number of aliphatic hydroxyl groups is 1. The third kappa shape index (κ3) is 8.55. The van der Waals surface area contributed by atoms with Crippen molar-refractivity contribution in [2.75, 3.05) is 40.6 Å². The van der Waals surface area contributed by atoms with Gasteiger partial charge in [0.1, 0.15) is 37.6 Å². The minimum absolute atomic E-state index is 0.0787. The van der Waals surface area contributed by atoms with E-state index in [0.29, 0.717) is 0 Å². The Bertz CT molecular complexity index is 601. The molecule has 1 aromatic carbocycles. The van der Waals surface area contributed by atoms with Crippen molar-refractivity contribution in [2.24, 2.45) is 0 Å². The van der Waals surface area contributed by atoms with Crippen molar-refractivity contribution >= 4 is 12.3 Å². The maximum absolute atomic E-state index is 11.7. The minimum Gasteiger partial charge on any atom is -0.431 e. The number of aliphatic hydroxyl groups excluding tert-OH is 1. The summed E-state index contributed by atoms with van der Waals surface area (Å²) < 4.78 is 30.2. The van der Waals surface area contributed by atoms with Gasteiger partial charge in [-0.15, -0.1) is 0 Å². The van der Waals surface area contributed by atoms with Crippen molar-refractivity contribution < 1.29 is 43.1 Å². The Kier molecular flexibility index (Phi) is 9.70. The predicted octanol–water partition coefficient (Wildman–Crippen LogP) is 2.30. The van der Waals surface area contributed by atoms with Gasteiger partial charge in [-0.05, 0) is 19.4 Å². The number of rotatable bonds is 11. The normalized spacial score (nSPS) is 15.0. The Morgan fingerprint density at radius 3 is 1.75 bits per heavy atom. The topological polar surface area (TPSA) is 110 Å². The zero-order chi connectivity index (χ0) is 21.0. The predicted molar refractivity (Wildman–Crippen MR) is 97.8 cm³/mol. The van der Waals surface area contributed by atoms with Gasteiger partial charge in [-0.2, -0.15) is 0 Å². The van der Waals surface area contributed by atoms with Crippen LogP contribution in [0.5, 0.6) is 0 Å². The summed E-state index contributed by atoms with van der Waals surface area (Å²) in [7, 11) is 2.78. The van der Waals surface area contributed by atoms with Crippen LogP contribution in [0, 0.1) is 0 Å². The summed E-state index contributed by atoms with van der Waals surface area (Å²) in [5.41, 5.74) is -1.28. The van der Waals surface area contributed by atoms with Crippen molar-refractivity contribution in [3.8, 4) is 0 Å². The molecule has 0 fully saturated rings. The van der Waals surface area contributed by atoms with Gasteiger partial charge in [0.25, 0.3) is 0 Å². The molecule has 0 heterocycles. The molecule has 2 unspecified atom stereocenters. The smallest absolute Gasteiger partial charge is 0.431 e. The van der Waals surface area contributed by atoms with Crippen LogP contribution in [0.3, 0.4) is 0 Å². The summed E-state index contributed by atoms with van der Waals surface area (Å²) in [5.74, 6) is 0. The maximum Gasteiger partial charge on any atom is 0.508 e. The molecule has 0 saturated carbocycles. The van der Waals surface area contributed by atoms with E-state index in [9.17, 15) is 14.7 Å². The van der Waals surface area contributed by atoms with Crippen LogP contribution >= 0.6 is 0 Å². The zero-order valence-electron chi connectivity index (χ0n) is 16.6. The highest BCUT2D eigenvalue weighted by atomic mass is 16.7. The van der Waals surface area contributed by atoms with Gasteiger partial charge in [-0.3, -0.25) is 0 Å². The van der Waals surface area contributed by atoms with E-state index < -0.39 is 23.5 Å². The molecule has 0 amide bonds. The number of hydrogen-bond donors (Lipinski definition) is 1. The number of carbonyl (C=O) groups excluding carboxylic acids is 2. The Balaban J connectivity index is 2.36. The van der Waals surface area contributed by atoms with Crippen LogP contribution in [0.15, 0.2) is 30.3 Å². The first-order valence-corrected chi connectivity index (χ1v) is 8.60. The first kappa shape index (κ1) is 23.7. The number of methoxy groups -OCH3 is 2. The number of ether oxygens (including phenoxy) is 6. The van der Waals surface area contributed by atoms with E-state index >= 15 is 0 Å². The maximum atomic E-state index is 11.7. The van der Waals surface area contributed by atoms with Gasteiger partial charge < -0.3 is 33.5 Å². The van der Waals surface area contributed by atoms with E-state index in [1.165, 1.54) is 14.2 Å². The molecule has 0 bridgehead atoms. The summed E-state index contributed by atoms with van der Waals surface area (Å²) in [5, 5.41) is 9.20. The molecule has 0 aliphatic heterocycles. The third-order valence-electron chi connectivity index (χ3n) is 4.01. The van der Waals surface area contributed by atoms with Crippen LogP contribution in [0.2, 0.25) is 0 Å². The molecule has 1 rings (SSSR count). The van der Waals surface area contributed by atoms with Crippen LogP contribution in [0.25, 0.3) is 0 Å². The molecule has 0 aliphatic carbocycles. The number of benzene rings is 1. The second-order valence-corrected chi connectivity index (χ2v) is 6.61. The first-order valence-electron chi connectivity index (χ1n) is 8.60. The molecule has 28 heavy (non-hydrogen) atoms. The quantitative estimate of drug-likeness (QED) is 0.559. The number of hydrogen-bond acceptors (Lipinski definition) is 9. The fourth-order valence-electron chi connectivity index (χ4n) is 1.76. The zero-order valence-corrected chi connectivity index (χ0v) is 16.6. The lowest BCUT2D eigenvalue weighted by Crippen LogP contribution is -2.41. The monoisotopic (exact) mass is 400 g/mol. The molecule has 0 aliphatic rings. The lowest BCUT2D eigenvalue weighted by molar-refractivity contribution is -0.108. The van der Waals surface area contributed by atoms with E-state index in [1.54, 1.807) is 13.8 Å². The lowest BCUT2D eigenvalue weighted by Gasteiger charge is -2.27. The van der Waals surface area contributed by atoms with Gasteiger partial charge in [0, 0.05) is 14.2 Å². The third-order valence-corrected chi connectivity index (χ3v) is 4.01. The molecule has 0 aromatic heterocycles. The summed E-state index contributed by atoms with van der Waals surface area (Å²) in [6.45, 7) is 2.31. The fraction of sp³-hybridized carbons (Fsp3) is 0.579. The summed E-state index contributed by atoms with van der Waals surface area (Å²) in [4.78, 5) is 23.4. The Morgan fingerprint density at radius 2 is 1.29 bits per heavy atom. The highest BCUT2D eigenvalue weighted by molar-refractivity contribution is 5.60. The lowest BCUT2D eigenvalue weighted by atomic mass is 10.1. The molecule has 9 nitrogen and oxygen atoms in total. The van der Waals surface area contributed by atoms with Crippen LogP contribution in [0.4, 0.5) is 9.59 Å². The number of carbonyl (C=O) groups is 2. The van der Waals surface area contributed by atoms with Gasteiger partial charge in [-0.1, -0.05) is 30.3 Å². The van der Waals surface area contributed by atoms with Crippen LogP contribution in [-0.2, 0) is 35.0 Å². The average Bonchev–Trinajstić information content (AvgIpc) is 2.73. The SMILES string of the molecule is COC(C)(CO)COC(=O)OCC(C)(COC(=O)OCc1ccccc1)OC. The molecule has 2 atom stereocenters. The second-order valence-electron chi connectivity index (χ2n) is 6.61. The summed E-state index contributed by atoms with van der Waals surface area (Å²) >= 11 is 0. The molecular weight excluding hydrogens is 372 g/mol. The van der Waals surface area contributed by atoms with E-state index in [0.717, 1.165) is 5.56 Å². The van der Waals surface area contributed by atoms with E-state index in [4.69, 9.17) is 28.4 Å². The van der Waals surface area contributed by atoms with Gasteiger partial charge in [0.2, 0.25) is 0 Å². The van der Waals surface area contributed by atoms with Crippen molar-refractivity contribution in [2.45, 2.75) is 31.7 Å². The van der Waals surface area contributed by atoms with Gasteiger partial charge in [-0.25, -0.2) is 9.59 Å². The molecule has 0 saturated heterocycles. The Labute approximate surface area is 164 Å². The first-order chi connectivity index (χ1) is 13.3. The molecule has 9 heteroatoms. The van der Waals surface area contributed by atoms with Crippen LogP contribution in [0.1, 0.15) is 19.4 Å². The fourth-order valence-corrected chi connectivity index (χ4v) is 1.76. The van der Waals surface area contributed by atoms with Crippen molar-refractivity contribution in [1.29, 1.82) is 0 Å². The summed E-state index contributed by atoms with van der Waals surface area (Å²) in [6, 6.07) is 9.15. The Hall–Kier alpha value is -2.36. The molecule has 1 aromatic rings. The molecule has 0 radical (unpaired) electrons. The molecular formula is C19H28O9. The van der Waals surface area contributed by atoms with Crippen molar-refractivity contribution in [3.05, 3.63) is 35.9 Å². The highest BCUT2D eigenvalue weighted by Crippen LogP contribution is 2.13. The van der Waals surface area contributed by atoms with Gasteiger partial charge in [0.05, 0.1) is 6.61 Å². The van der Waals surface area contributed by atoms with E-state index in [2.05, 4.69) is 0 Å². The van der Waals surface area contributed by atoms with Crippen molar-refractivity contribution in [1.82, 2.24) is 0 Å². The van der Waals surface area contributed by atoms with Crippen molar-refractivity contribution in [3.63, 3.8) is 0 Å². The van der Waals surface area contributed by atoms with Gasteiger partial charge >= 0.3 is 12.3 Å². The largest absolute Gasteiger partial charge is 0.508 e. The van der Waals surface area contributed by atoms with Crippen LogP contribution in [-0.4, -0.2) is 69.3 Å². The van der Waals surface area contributed by atoms with Crippen LogP contribution < -0.4 is 0 Å². The molecule has 1 N–H and O–H groups in total. The summed E-state index contributed by atoms with van der Waals surface area (Å²) in [6.07, 6.45) is -1.83. The molecule has 0 spiro atoms. The minimum atomic E-state index is -1.09. The average molecular weight is 400 g/mol.